The summed E-state index contributed by atoms with van der Waals surface area (Å²) in [4.78, 5) is 24.4. The molecule has 0 spiro atoms. The highest BCUT2D eigenvalue weighted by Gasteiger charge is 2.23. The minimum atomic E-state index is -1.03. The molecule has 0 saturated carbocycles. The number of amides is 1. The van der Waals surface area contributed by atoms with Crippen molar-refractivity contribution >= 4 is 42.5 Å². The van der Waals surface area contributed by atoms with Crippen LogP contribution < -0.4 is 10.5 Å². The van der Waals surface area contributed by atoms with Gasteiger partial charge in [0.05, 0.1) is 13.2 Å². The van der Waals surface area contributed by atoms with Gasteiger partial charge in [-0.1, -0.05) is 26.0 Å². The molecule has 0 bridgehead atoms. The van der Waals surface area contributed by atoms with Crippen molar-refractivity contribution in [3.05, 3.63) is 34.9 Å². The van der Waals surface area contributed by atoms with Crippen molar-refractivity contribution in [3.63, 3.8) is 0 Å². The number of nitrogens with one attached hydrogen (secondary N) is 2. The fraction of sp³-hybridized carbons (Fsp3) is 0.619. The highest BCUT2D eigenvalue weighted by atomic mass is 32.2. The third-order valence-corrected chi connectivity index (χ3v) is 6.01. The maximum absolute atomic E-state index is 12.9. The maximum atomic E-state index is 12.9. The molecular formula is C21H35BN2O5S2. The Hall–Kier alpha value is -1.20. The van der Waals surface area contributed by atoms with Gasteiger partial charge in [0.25, 0.3) is 5.91 Å². The molecule has 7 nitrogen and oxygen atoms in total. The molecule has 0 radical (unpaired) electrons. The lowest BCUT2D eigenvalue weighted by Crippen LogP contribution is -2.44. The van der Waals surface area contributed by atoms with Crippen molar-refractivity contribution in [2.24, 2.45) is 0 Å². The number of carbonyl (C=O) groups is 2. The predicted molar refractivity (Wildman–Crippen MR) is 131 cm³/mol. The highest BCUT2D eigenvalue weighted by molar-refractivity contribution is 7.98. The van der Waals surface area contributed by atoms with E-state index < -0.39 is 19.1 Å². The average Bonchev–Trinajstić information content (AvgIpc) is 2.70. The largest absolute Gasteiger partial charge is 0.480 e. The highest BCUT2D eigenvalue weighted by Crippen LogP contribution is 2.22. The second kappa shape index (κ2) is 14.8. The van der Waals surface area contributed by atoms with Crippen molar-refractivity contribution in [1.82, 2.24) is 10.5 Å². The van der Waals surface area contributed by atoms with Crippen molar-refractivity contribution < 1.29 is 24.5 Å². The van der Waals surface area contributed by atoms with Crippen LogP contribution >= 0.6 is 23.5 Å². The summed E-state index contributed by atoms with van der Waals surface area (Å²) in [7, 11) is -0.616. The lowest BCUT2D eigenvalue weighted by molar-refractivity contribution is -0.139. The minimum Gasteiger partial charge on any atom is -0.480 e. The molecule has 2 unspecified atom stereocenters. The van der Waals surface area contributed by atoms with Crippen LogP contribution in [0.15, 0.2) is 18.2 Å². The maximum Gasteiger partial charge on any atom is 0.373 e. The molecule has 174 valence electrons. The SMILES string of the molecule is CSCCC(NC(=O)c1cc(COCC(CSC)NB(C)O)ccc1C(C)C)C(=O)O. The Morgan fingerprint density at radius 1 is 1.23 bits per heavy atom. The van der Waals surface area contributed by atoms with E-state index in [0.29, 0.717) is 31.0 Å². The van der Waals surface area contributed by atoms with E-state index in [9.17, 15) is 19.7 Å². The number of benzene rings is 1. The Morgan fingerprint density at radius 2 is 1.94 bits per heavy atom. The quantitative estimate of drug-likeness (QED) is 0.290. The molecule has 4 N–H and O–H groups in total. The standard InChI is InChI=1S/C21H35BN2O5S2/c1-14(2)17-7-6-15(11-29-12-16(13-31-5)24-22(3)28)10-18(17)20(25)23-19(21(26)27)8-9-30-4/h6-7,10,14,16,19,24,28H,8-9,11-13H2,1-5H3,(H,23,25)(H,26,27). The molecular weight excluding hydrogens is 435 g/mol. The van der Waals surface area contributed by atoms with Crippen LogP contribution in [0.4, 0.5) is 0 Å². The fourth-order valence-corrected chi connectivity index (χ4v) is 4.19. The summed E-state index contributed by atoms with van der Waals surface area (Å²) in [6.07, 6.45) is 4.27. The van der Waals surface area contributed by atoms with E-state index >= 15 is 0 Å². The first kappa shape index (κ1) is 27.8. The molecule has 10 heteroatoms. The average molecular weight is 470 g/mol. The normalized spacial score (nSPS) is 13.1. The van der Waals surface area contributed by atoms with E-state index in [1.54, 1.807) is 36.4 Å². The van der Waals surface area contributed by atoms with Gasteiger partial charge in [-0.2, -0.15) is 23.5 Å². The van der Waals surface area contributed by atoms with Crippen LogP contribution in [0.1, 0.15) is 47.7 Å². The van der Waals surface area contributed by atoms with Gasteiger partial charge in [-0.15, -0.1) is 0 Å². The Labute approximate surface area is 194 Å². The summed E-state index contributed by atoms with van der Waals surface area (Å²) in [5.41, 5.74) is 2.19. The topological polar surface area (TPSA) is 108 Å². The van der Waals surface area contributed by atoms with Crippen LogP contribution in [-0.2, 0) is 16.1 Å². The number of ether oxygens (including phenoxy) is 1. The molecule has 0 aromatic heterocycles. The second-order valence-corrected chi connectivity index (χ2v) is 9.63. The molecule has 2 atom stereocenters. The summed E-state index contributed by atoms with van der Waals surface area (Å²) in [6.45, 7) is 6.42. The van der Waals surface area contributed by atoms with E-state index in [-0.39, 0.29) is 17.9 Å². The number of carboxylic acid groups (broad SMARTS) is 1. The van der Waals surface area contributed by atoms with Crippen LogP contribution in [0.2, 0.25) is 6.82 Å². The van der Waals surface area contributed by atoms with Gasteiger partial charge >= 0.3 is 13.0 Å². The molecule has 0 fully saturated rings. The number of carbonyl (C=O) groups excluding carboxylic acids is 1. The smallest absolute Gasteiger partial charge is 0.373 e. The lowest BCUT2D eigenvalue weighted by Gasteiger charge is -2.20. The molecule has 0 heterocycles. The van der Waals surface area contributed by atoms with Gasteiger partial charge in [-0.3, -0.25) is 4.79 Å². The fourth-order valence-electron chi connectivity index (χ4n) is 3.13. The summed E-state index contributed by atoms with van der Waals surface area (Å²) in [6, 6.07) is 4.71. The van der Waals surface area contributed by atoms with Crippen LogP contribution in [0.5, 0.6) is 0 Å². The van der Waals surface area contributed by atoms with Crippen molar-refractivity contribution in [3.8, 4) is 0 Å². The lowest BCUT2D eigenvalue weighted by atomic mass is 9.87. The zero-order valence-corrected chi connectivity index (χ0v) is 20.6. The van der Waals surface area contributed by atoms with E-state index in [1.807, 2.05) is 38.5 Å². The van der Waals surface area contributed by atoms with Crippen LogP contribution in [0.25, 0.3) is 0 Å². The van der Waals surface area contributed by atoms with Crippen LogP contribution in [0.3, 0.4) is 0 Å². The third kappa shape index (κ3) is 10.3. The van der Waals surface area contributed by atoms with Crippen LogP contribution in [-0.4, -0.2) is 71.8 Å². The van der Waals surface area contributed by atoms with E-state index in [1.165, 1.54) is 0 Å². The molecule has 1 aromatic carbocycles. The zero-order valence-electron chi connectivity index (χ0n) is 19.0. The molecule has 0 aliphatic heterocycles. The number of hydrogen-bond donors (Lipinski definition) is 4. The van der Waals surface area contributed by atoms with Crippen molar-refractivity contribution in [2.45, 2.75) is 51.7 Å². The second-order valence-electron chi connectivity index (χ2n) is 7.73. The molecule has 0 aliphatic rings. The number of thioether (sulfide) groups is 2. The Morgan fingerprint density at radius 3 is 2.48 bits per heavy atom. The summed E-state index contributed by atoms with van der Waals surface area (Å²) in [5.74, 6) is 0.164. The first-order valence-electron chi connectivity index (χ1n) is 10.4. The number of hydrogen-bond acceptors (Lipinski definition) is 7. The van der Waals surface area contributed by atoms with Gasteiger partial charge in [0, 0.05) is 17.4 Å². The van der Waals surface area contributed by atoms with Gasteiger partial charge < -0.3 is 25.4 Å². The van der Waals surface area contributed by atoms with Gasteiger partial charge in [0.2, 0.25) is 0 Å². The minimum absolute atomic E-state index is 0.0143. The van der Waals surface area contributed by atoms with E-state index in [2.05, 4.69) is 10.5 Å². The Balaban J connectivity index is 2.91. The summed E-state index contributed by atoms with van der Waals surface area (Å²) in [5, 5.41) is 24.7. The predicted octanol–water partition coefficient (Wildman–Crippen LogP) is 2.69. The number of rotatable bonds is 15. The van der Waals surface area contributed by atoms with Gasteiger partial charge in [0.15, 0.2) is 0 Å². The Bertz CT molecular complexity index is 706. The van der Waals surface area contributed by atoms with Crippen molar-refractivity contribution in [2.75, 3.05) is 30.6 Å². The molecule has 0 saturated heterocycles. The summed E-state index contributed by atoms with van der Waals surface area (Å²) >= 11 is 3.21. The van der Waals surface area contributed by atoms with Crippen molar-refractivity contribution in [1.29, 1.82) is 0 Å². The zero-order chi connectivity index (χ0) is 23.4. The van der Waals surface area contributed by atoms with Gasteiger partial charge in [-0.05, 0) is 54.6 Å². The monoisotopic (exact) mass is 470 g/mol. The molecule has 31 heavy (non-hydrogen) atoms. The molecule has 1 aromatic rings. The molecule has 1 rings (SSSR count). The van der Waals surface area contributed by atoms with Crippen LogP contribution in [0, 0.1) is 0 Å². The van der Waals surface area contributed by atoms with Gasteiger partial charge in [-0.25, -0.2) is 4.79 Å². The Kier molecular flexibility index (Phi) is 13.3. The molecule has 0 aliphatic carbocycles. The molecule has 1 amide bonds. The van der Waals surface area contributed by atoms with Gasteiger partial charge in [0.1, 0.15) is 6.04 Å². The number of aliphatic carboxylic acids is 1. The first-order chi connectivity index (χ1) is 14.7. The van der Waals surface area contributed by atoms with E-state index in [0.717, 1.165) is 16.9 Å². The van der Waals surface area contributed by atoms with E-state index in [4.69, 9.17) is 4.74 Å². The summed E-state index contributed by atoms with van der Waals surface area (Å²) < 4.78 is 5.83. The third-order valence-electron chi connectivity index (χ3n) is 4.63. The number of carboxylic acids is 1. The first-order valence-corrected chi connectivity index (χ1v) is 13.1.